The van der Waals surface area contributed by atoms with Gasteiger partial charge in [0.25, 0.3) is 5.91 Å². The van der Waals surface area contributed by atoms with Crippen LogP contribution in [0.1, 0.15) is 29.6 Å². The number of halogens is 1. The molecule has 0 spiro atoms. The van der Waals surface area contributed by atoms with E-state index < -0.39 is 6.09 Å². The summed E-state index contributed by atoms with van der Waals surface area (Å²) in [6.07, 6.45) is 5.19. The van der Waals surface area contributed by atoms with E-state index in [-0.39, 0.29) is 38.3 Å². The van der Waals surface area contributed by atoms with Gasteiger partial charge >= 0.3 is 12.2 Å². The number of pyridine rings is 1. The molecule has 3 amide bonds. The van der Waals surface area contributed by atoms with Crippen molar-refractivity contribution in [2.75, 3.05) is 44.3 Å². The first kappa shape index (κ1) is 24.5. The number of ether oxygens (including phenoxy) is 2. The fraction of sp³-hybridized carbons (Fsp3) is 0.391. The Kier molecular flexibility index (Phi) is 9.49. The Morgan fingerprint density at radius 2 is 1.79 bits per heavy atom. The molecule has 1 aromatic carbocycles. The van der Waals surface area contributed by atoms with E-state index in [1.165, 1.54) is 11.1 Å². The third-order valence-corrected chi connectivity index (χ3v) is 5.46. The van der Waals surface area contributed by atoms with Crippen LogP contribution in [0.15, 0.2) is 53.3 Å². The van der Waals surface area contributed by atoms with Crippen LogP contribution in [0, 0.1) is 0 Å². The average molecular weight is 519 g/mol. The first-order chi connectivity index (χ1) is 16.0. The van der Waals surface area contributed by atoms with Crippen molar-refractivity contribution in [1.82, 2.24) is 15.2 Å². The number of hydrogen-bond donors (Lipinski definition) is 1. The molecule has 0 radical (unpaired) electrons. The Morgan fingerprint density at radius 1 is 1.03 bits per heavy atom. The van der Waals surface area contributed by atoms with E-state index in [2.05, 4.69) is 26.2 Å². The van der Waals surface area contributed by atoms with Crippen molar-refractivity contribution in [2.45, 2.75) is 19.3 Å². The summed E-state index contributed by atoms with van der Waals surface area (Å²) in [7, 11) is 0. The Balaban J connectivity index is 1.44. The van der Waals surface area contributed by atoms with Crippen LogP contribution in [0.2, 0.25) is 0 Å². The number of anilines is 1. The molecule has 2 heterocycles. The van der Waals surface area contributed by atoms with E-state index >= 15 is 0 Å². The van der Waals surface area contributed by atoms with Crippen molar-refractivity contribution in [3.8, 4) is 0 Å². The van der Waals surface area contributed by atoms with Crippen molar-refractivity contribution in [3.63, 3.8) is 0 Å². The molecule has 3 rings (SSSR count). The summed E-state index contributed by atoms with van der Waals surface area (Å²) < 4.78 is 11.1. The summed E-state index contributed by atoms with van der Waals surface area (Å²) >= 11 is 3.32. The van der Waals surface area contributed by atoms with Crippen LogP contribution in [0.25, 0.3) is 0 Å². The summed E-state index contributed by atoms with van der Waals surface area (Å²) in [4.78, 5) is 44.2. The third-order valence-electron chi connectivity index (χ3n) is 5.02. The van der Waals surface area contributed by atoms with Gasteiger partial charge in [-0.3, -0.25) is 9.78 Å². The maximum Gasteiger partial charge on any atom is 0.409 e. The fourth-order valence-electron chi connectivity index (χ4n) is 3.38. The molecule has 33 heavy (non-hydrogen) atoms. The first-order valence-electron chi connectivity index (χ1n) is 10.8. The fourth-order valence-corrected chi connectivity index (χ4v) is 3.75. The van der Waals surface area contributed by atoms with Crippen molar-refractivity contribution >= 4 is 39.7 Å². The Morgan fingerprint density at radius 3 is 2.52 bits per heavy atom. The maximum absolute atomic E-state index is 13.0. The predicted octanol–water partition coefficient (Wildman–Crippen LogP) is 3.84. The molecule has 0 unspecified atom stereocenters. The highest BCUT2D eigenvalue weighted by Crippen LogP contribution is 2.18. The minimum Gasteiger partial charge on any atom is -0.448 e. The average Bonchev–Trinajstić information content (AvgIpc) is 2.85. The number of piperidine rings is 1. The molecule has 1 aromatic heterocycles. The molecule has 0 saturated carbocycles. The number of nitrogens with one attached hydrogen (secondary N) is 1. The van der Waals surface area contributed by atoms with E-state index in [0.717, 1.165) is 19.3 Å². The van der Waals surface area contributed by atoms with Crippen molar-refractivity contribution < 1.29 is 23.9 Å². The summed E-state index contributed by atoms with van der Waals surface area (Å²) in [5, 5.41) is 2.55. The van der Waals surface area contributed by atoms with Crippen LogP contribution < -0.4 is 10.2 Å². The molecule has 9 nitrogen and oxygen atoms in total. The highest BCUT2D eigenvalue weighted by Gasteiger charge is 2.19. The van der Waals surface area contributed by atoms with E-state index in [0.29, 0.717) is 28.8 Å². The van der Waals surface area contributed by atoms with Gasteiger partial charge in [0.15, 0.2) is 0 Å². The zero-order valence-corrected chi connectivity index (χ0v) is 19.8. The molecule has 0 aliphatic carbocycles. The van der Waals surface area contributed by atoms with Crippen LogP contribution in [0.4, 0.5) is 15.3 Å². The molecule has 176 valence electrons. The topological polar surface area (TPSA) is 101 Å². The number of amides is 3. The molecule has 1 saturated heterocycles. The Labute approximate surface area is 201 Å². The monoisotopic (exact) mass is 518 g/mol. The molecule has 0 bridgehead atoms. The number of carbonyl (C=O) groups is 3. The quantitative estimate of drug-likeness (QED) is 0.532. The molecule has 2 aromatic rings. The van der Waals surface area contributed by atoms with Crippen molar-refractivity contribution in [2.24, 2.45) is 0 Å². The number of likely N-dealkylation sites (tertiary alicyclic amines) is 1. The number of rotatable bonds is 8. The second kappa shape index (κ2) is 12.8. The van der Waals surface area contributed by atoms with E-state index in [9.17, 15) is 14.4 Å². The van der Waals surface area contributed by atoms with Gasteiger partial charge in [-0.15, -0.1) is 0 Å². The van der Waals surface area contributed by atoms with Crippen LogP contribution >= 0.6 is 15.9 Å². The standard InChI is InChI=1S/C23H27BrN4O5/c24-19-15-18(16-25-17-19)21(29)28(20-7-3-1-4-8-20)12-14-32-22(30)26-9-13-33-23(31)27-10-5-2-6-11-27/h1,3-4,7-8,15-17H,2,5-6,9-14H2,(H,26,30). The lowest BCUT2D eigenvalue weighted by Gasteiger charge is -2.25. The zero-order valence-electron chi connectivity index (χ0n) is 18.2. The Hall–Kier alpha value is -3.14. The van der Waals surface area contributed by atoms with Gasteiger partial charge in [0.05, 0.1) is 18.7 Å². The minimum atomic E-state index is -0.645. The number of para-hydroxylation sites is 1. The molecular weight excluding hydrogens is 492 g/mol. The van der Waals surface area contributed by atoms with Gasteiger partial charge in [0, 0.05) is 35.6 Å². The summed E-state index contributed by atoms with van der Waals surface area (Å²) in [5.74, 6) is -0.261. The minimum absolute atomic E-state index is 0.0124. The van der Waals surface area contributed by atoms with Crippen LogP contribution in [0.5, 0.6) is 0 Å². The number of benzene rings is 1. The van der Waals surface area contributed by atoms with Crippen LogP contribution in [-0.4, -0.2) is 67.4 Å². The third kappa shape index (κ3) is 7.74. The molecular formula is C23H27BrN4O5. The van der Waals surface area contributed by atoms with E-state index in [1.807, 2.05) is 18.2 Å². The van der Waals surface area contributed by atoms with E-state index in [1.54, 1.807) is 29.3 Å². The number of carbonyl (C=O) groups excluding carboxylic acids is 3. The molecule has 1 fully saturated rings. The first-order valence-corrected chi connectivity index (χ1v) is 11.6. The van der Waals surface area contributed by atoms with Crippen LogP contribution in [-0.2, 0) is 9.47 Å². The lowest BCUT2D eigenvalue weighted by molar-refractivity contribution is 0.0935. The van der Waals surface area contributed by atoms with Gasteiger partial charge < -0.3 is 24.6 Å². The van der Waals surface area contributed by atoms with Gasteiger partial charge in [-0.1, -0.05) is 18.2 Å². The van der Waals surface area contributed by atoms with Crippen molar-refractivity contribution in [1.29, 1.82) is 0 Å². The van der Waals surface area contributed by atoms with Gasteiger partial charge in [0.2, 0.25) is 0 Å². The molecule has 1 aliphatic rings. The normalized spacial score (nSPS) is 13.2. The lowest BCUT2D eigenvalue weighted by atomic mass is 10.1. The highest BCUT2D eigenvalue weighted by molar-refractivity contribution is 9.10. The largest absolute Gasteiger partial charge is 0.448 e. The summed E-state index contributed by atoms with van der Waals surface area (Å²) in [6, 6.07) is 10.8. The number of alkyl carbamates (subject to hydrolysis) is 1. The number of hydrogen-bond acceptors (Lipinski definition) is 6. The molecule has 1 aliphatic heterocycles. The summed E-state index contributed by atoms with van der Waals surface area (Å²) in [5.41, 5.74) is 1.09. The summed E-state index contributed by atoms with van der Waals surface area (Å²) in [6.45, 7) is 1.77. The van der Waals surface area contributed by atoms with Gasteiger partial charge in [-0.2, -0.15) is 0 Å². The van der Waals surface area contributed by atoms with Gasteiger partial charge in [-0.25, -0.2) is 9.59 Å². The van der Waals surface area contributed by atoms with Crippen LogP contribution in [0.3, 0.4) is 0 Å². The van der Waals surface area contributed by atoms with Gasteiger partial charge in [0.1, 0.15) is 13.2 Å². The molecule has 10 heteroatoms. The second-order valence-corrected chi connectivity index (χ2v) is 8.32. The van der Waals surface area contributed by atoms with Gasteiger partial charge in [-0.05, 0) is 53.4 Å². The molecule has 1 N–H and O–H groups in total. The maximum atomic E-state index is 13.0. The zero-order chi connectivity index (χ0) is 23.5. The number of nitrogens with zero attached hydrogens (tertiary/aromatic N) is 3. The lowest BCUT2D eigenvalue weighted by Crippen LogP contribution is -2.38. The SMILES string of the molecule is O=C(NCCOC(=O)N1CCCCC1)OCCN(C(=O)c1cncc(Br)c1)c1ccccc1. The number of aromatic nitrogens is 1. The smallest absolute Gasteiger partial charge is 0.409 e. The molecule has 0 atom stereocenters. The van der Waals surface area contributed by atoms with E-state index in [4.69, 9.17) is 9.47 Å². The predicted molar refractivity (Wildman–Crippen MR) is 126 cm³/mol. The van der Waals surface area contributed by atoms with Crippen molar-refractivity contribution in [3.05, 3.63) is 58.8 Å². The Bertz CT molecular complexity index is 937. The second-order valence-electron chi connectivity index (χ2n) is 7.41. The highest BCUT2D eigenvalue weighted by atomic mass is 79.9.